The summed E-state index contributed by atoms with van der Waals surface area (Å²) in [6, 6.07) is 7.83. The van der Waals surface area contributed by atoms with Crippen LogP contribution >= 0.6 is 0 Å². The fraction of sp³-hybridized carbons (Fsp3) is 0.462. The zero-order valence-corrected chi connectivity index (χ0v) is 9.78. The molecule has 1 aromatic carbocycles. The predicted molar refractivity (Wildman–Crippen MR) is 67.6 cm³/mol. The van der Waals surface area contributed by atoms with Crippen LogP contribution < -0.4 is 11.1 Å². The van der Waals surface area contributed by atoms with Gasteiger partial charge in [-0.2, -0.15) is 5.26 Å². The summed E-state index contributed by atoms with van der Waals surface area (Å²) in [5.41, 5.74) is 8.34. The molecule has 1 fully saturated rings. The van der Waals surface area contributed by atoms with Crippen molar-refractivity contribution < 1.29 is 4.74 Å². The average Bonchev–Trinajstić information content (AvgIpc) is 2.83. The van der Waals surface area contributed by atoms with Crippen molar-refractivity contribution in [1.82, 2.24) is 0 Å². The van der Waals surface area contributed by atoms with Crippen LogP contribution in [0.4, 0.5) is 11.4 Å². The van der Waals surface area contributed by atoms with Crippen LogP contribution in [0.2, 0.25) is 0 Å². The summed E-state index contributed by atoms with van der Waals surface area (Å²) in [6.07, 6.45) is 2.93. The molecule has 4 heteroatoms. The molecule has 90 valence electrons. The number of nitriles is 1. The normalized spacial score (nSPS) is 18.9. The molecule has 1 aliphatic rings. The molecule has 0 saturated carbocycles. The van der Waals surface area contributed by atoms with Crippen molar-refractivity contribution in [1.29, 1.82) is 5.26 Å². The summed E-state index contributed by atoms with van der Waals surface area (Å²) in [4.78, 5) is 0. The van der Waals surface area contributed by atoms with E-state index in [0.29, 0.717) is 18.2 Å². The largest absolute Gasteiger partial charge is 0.398 e. The molecule has 0 aliphatic carbocycles. The van der Waals surface area contributed by atoms with Crippen molar-refractivity contribution in [2.45, 2.75) is 25.4 Å². The molecule has 0 bridgehead atoms. The summed E-state index contributed by atoms with van der Waals surface area (Å²) in [6.45, 7) is 1.68. The van der Waals surface area contributed by atoms with Gasteiger partial charge in [-0.1, -0.05) is 0 Å². The maximum absolute atomic E-state index is 8.69. The number of hydrogen-bond donors (Lipinski definition) is 2. The Labute approximate surface area is 101 Å². The summed E-state index contributed by atoms with van der Waals surface area (Å²) in [7, 11) is 0. The van der Waals surface area contributed by atoms with E-state index >= 15 is 0 Å². The van der Waals surface area contributed by atoms with E-state index in [1.165, 1.54) is 0 Å². The molecule has 1 heterocycles. The Bertz CT molecular complexity index is 419. The van der Waals surface area contributed by atoms with Crippen molar-refractivity contribution in [2.24, 2.45) is 0 Å². The zero-order chi connectivity index (χ0) is 12.1. The molecule has 0 amide bonds. The summed E-state index contributed by atoms with van der Waals surface area (Å²) in [5, 5.41) is 12.0. The first-order valence-corrected chi connectivity index (χ1v) is 5.90. The van der Waals surface area contributed by atoms with Gasteiger partial charge in [-0.3, -0.25) is 0 Å². The minimum Gasteiger partial charge on any atom is -0.398 e. The minimum absolute atomic E-state index is 0.312. The van der Waals surface area contributed by atoms with E-state index in [2.05, 4.69) is 11.4 Å². The van der Waals surface area contributed by atoms with Gasteiger partial charge < -0.3 is 15.8 Å². The SMILES string of the molecule is N#CCc1cc(NCC2CCCO2)ccc1N. The highest BCUT2D eigenvalue weighted by Crippen LogP contribution is 2.19. The second-order valence-corrected chi connectivity index (χ2v) is 4.26. The van der Waals surface area contributed by atoms with E-state index in [4.69, 9.17) is 15.7 Å². The Morgan fingerprint density at radius 1 is 1.53 bits per heavy atom. The molecule has 2 rings (SSSR count). The van der Waals surface area contributed by atoms with Gasteiger partial charge in [0.15, 0.2) is 0 Å². The van der Waals surface area contributed by atoms with Gasteiger partial charge in [-0.05, 0) is 36.6 Å². The lowest BCUT2D eigenvalue weighted by Gasteiger charge is -2.13. The average molecular weight is 231 g/mol. The molecule has 4 nitrogen and oxygen atoms in total. The fourth-order valence-electron chi connectivity index (χ4n) is 1.99. The third-order valence-electron chi connectivity index (χ3n) is 2.97. The number of nitrogens with one attached hydrogen (secondary N) is 1. The highest BCUT2D eigenvalue weighted by molar-refractivity contribution is 5.58. The molecule has 0 radical (unpaired) electrons. The lowest BCUT2D eigenvalue weighted by Crippen LogP contribution is -2.18. The molecule has 1 aliphatic heterocycles. The van der Waals surface area contributed by atoms with Crippen molar-refractivity contribution >= 4 is 11.4 Å². The third-order valence-corrected chi connectivity index (χ3v) is 2.97. The first-order valence-electron chi connectivity index (χ1n) is 5.90. The smallest absolute Gasteiger partial charge is 0.0748 e. The first-order chi connectivity index (χ1) is 8.29. The van der Waals surface area contributed by atoms with E-state index in [1.807, 2.05) is 18.2 Å². The molecule has 17 heavy (non-hydrogen) atoms. The number of benzene rings is 1. The molecule has 3 N–H and O–H groups in total. The Balaban J connectivity index is 1.96. The van der Waals surface area contributed by atoms with Crippen molar-refractivity contribution in [3.8, 4) is 6.07 Å². The lowest BCUT2D eigenvalue weighted by atomic mass is 10.1. The van der Waals surface area contributed by atoms with Gasteiger partial charge in [-0.15, -0.1) is 0 Å². The fourth-order valence-corrected chi connectivity index (χ4v) is 1.99. The molecule has 1 aromatic rings. The third kappa shape index (κ3) is 3.11. The molecule has 0 aromatic heterocycles. The number of nitrogen functional groups attached to an aromatic ring is 1. The second-order valence-electron chi connectivity index (χ2n) is 4.26. The van der Waals surface area contributed by atoms with Gasteiger partial charge in [0.2, 0.25) is 0 Å². The Morgan fingerprint density at radius 2 is 2.41 bits per heavy atom. The van der Waals surface area contributed by atoms with Gasteiger partial charge in [0.25, 0.3) is 0 Å². The Morgan fingerprint density at radius 3 is 3.12 bits per heavy atom. The van der Waals surface area contributed by atoms with Crippen LogP contribution in [0, 0.1) is 11.3 Å². The van der Waals surface area contributed by atoms with Gasteiger partial charge >= 0.3 is 0 Å². The van der Waals surface area contributed by atoms with Gasteiger partial charge in [0.05, 0.1) is 18.6 Å². The summed E-state index contributed by atoms with van der Waals surface area (Å²) < 4.78 is 5.54. The maximum atomic E-state index is 8.69. The first kappa shape index (κ1) is 11.7. The van der Waals surface area contributed by atoms with Crippen LogP contribution in [0.15, 0.2) is 18.2 Å². The van der Waals surface area contributed by atoms with Gasteiger partial charge in [0.1, 0.15) is 0 Å². The lowest BCUT2D eigenvalue weighted by molar-refractivity contribution is 0.120. The van der Waals surface area contributed by atoms with Crippen LogP contribution in [0.25, 0.3) is 0 Å². The number of nitrogens with two attached hydrogens (primary N) is 1. The van der Waals surface area contributed by atoms with Gasteiger partial charge in [-0.25, -0.2) is 0 Å². The van der Waals surface area contributed by atoms with E-state index in [0.717, 1.165) is 37.2 Å². The summed E-state index contributed by atoms with van der Waals surface area (Å²) in [5.74, 6) is 0. The number of anilines is 2. The molecular formula is C13H17N3O. The number of rotatable bonds is 4. The van der Waals surface area contributed by atoms with Crippen molar-refractivity contribution in [3.63, 3.8) is 0 Å². The predicted octanol–water partition coefficient (Wildman–Crippen LogP) is 1.93. The monoisotopic (exact) mass is 231 g/mol. The molecule has 1 unspecified atom stereocenters. The summed E-state index contributed by atoms with van der Waals surface area (Å²) >= 11 is 0. The quantitative estimate of drug-likeness (QED) is 0.777. The van der Waals surface area contributed by atoms with E-state index in [-0.39, 0.29) is 0 Å². The Kier molecular flexibility index (Phi) is 3.84. The van der Waals surface area contributed by atoms with Crippen LogP contribution in [0.1, 0.15) is 18.4 Å². The topological polar surface area (TPSA) is 71.1 Å². The number of hydrogen-bond acceptors (Lipinski definition) is 4. The highest BCUT2D eigenvalue weighted by Gasteiger charge is 2.14. The molecule has 1 saturated heterocycles. The van der Waals surface area contributed by atoms with Crippen LogP contribution in [-0.2, 0) is 11.2 Å². The van der Waals surface area contributed by atoms with Crippen LogP contribution in [0.3, 0.4) is 0 Å². The zero-order valence-electron chi connectivity index (χ0n) is 9.78. The van der Waals surface area contributed by atoms with Crippen LogP contribution in [0.5, 0.6) is 0 Å². The maximum Gasteiger partial charge on any atom is 0.0748 e. The Hall–Kier alpha value is -1.73. The minimum atomic E-state index is 0.312. The van der Waals surface area contributed by atoms with E-state index in [9.17, 15) is 0 Å². The van der Waals surface area contributed by atoms with Crippen molar-refractivity contribution in [2.75, 3.05) is 24.2 Å². The molecular weight excluding hydrogens is 214 g/mol. The molecule has 0 spiro atoms. The highest BCUT2D eigenvalue weighted by atomic mass is 16.5. The van der Waals surface area contributed by atoms with Crippen LogP contribution in [-0.4, -0.2) is 19.3 Å². The van der Waals surface area contributed by atoms with Gasteiger partial charge in [0, 0.05) is 24.5 Å². The standard InChI is InChI=1S/C13H17N3O/c14-6-5-10-8-11(3-4-13(10)15)16-9-12-2-1-7-17-12/h3-4,8,12,16H,1-2,5,7,9,15H2. The van der Waals surface area contributed by atoms with Crippen molar-refractivity contribution in [3.05, 3.63) is 23.8 Å². The number of ether oxygens (including phenoxy) is 1. The van der Waals surface area contributed by atoms with E-state index < -0.39 is 0 Å². The van der Waals surface area contributed by atoms with E-state index in [1.54, 1.807) is 0 Å². The number of nitrogens with zero attached hydrogens (tertiary/aromatic N) is 1. The molecule has 1 atom stereocenters. The second kappa shape index (κ2) is 5.55.